The van der Waals surface area contributed by atoms with Gasteiger partial charge in [-0.25, -0.2) is 0 Å². The van der Waals surface area contributed by atoms with Gasteiger partial charge in [-0.2, -0.15) is 0 Å². The summed E-state index contributed by atoms with van der Waals surface area (Å²) in [6, 6.07) is 10.3. The Kier molecular flexibility index (Phi) is 4.26. The van der Waals surface area contributed by atoms with Gasteiger partial charge in [-0.1, -0.05) is 0 Å². The van der Waals surface area contributed by atoms with E-state index in [0.29, 0.717) is 21.0 Å². The first-order valence-corrected chi connectivity index (χ1v) is 8.40. The molecule has 0 spiro atoms. The first kappa shape index (κ1) is 16.8. The molecule has 2 amide bonds. The Morgan fingerprint density at radius 1 is 0.958 bits per heavy atom. The van der Waals surface area contributed by atoms with Crippen LogP contribution in [0.5, 0.6) is 0 Å². The van der Waals surface area contributed by atoms with Crippen LogP contribution in [-0.2, 0) is 12.6 Å². The van der Waals surface area contributed by atoms with Crippen LogP contribution in [0.25, 0.3) is 0 Å². The number of imide groups is 1. The van der Waals surface area contributed by atoms with Gasteiger partial charge >= 0.3 is 145 Å². The van der Waals surface area contributed by atoms with Crippen LogP contribution in [0.2, 0.25) is 0 Å². The average molecular weight is 395 g/mol. The minimum absolute atomic E-state index is 0.0557. The van der Waals surface area contributed by atoms with E-state index >= 15 is 0 Å². The molecule has 3 rings (SSSR count). The van der Waals surface area contributed by atoms with Gasteiger partial charge in [0.05, 0.1) is 0 Å². The quantitative estimate of drug-likeness (QED) is 0.587. The van der Waals surface area contributed by atoms with Crippen molar-refractivity contribution in [3.05, 3.63) is 64.7 Å². The Bertz CT molecular complexity index is 798. The molecule has 0 aliphatic carbocycles. The molecule has 1 aliphatic heterocycles. The van der Waals surface area contributed by atoms with E-state index in [4.69, 9.17) is 0 Å². The number of halogens is 3. The number of nitrogens with zero attached hydrogens (tertiary/aromatic N) is 1. The van der Waals surface area contributed by atoms with Crippen LogP contribution in [0.4, 0.5) is 13.2 Å². The van der Waals surface area contributed by atoms with Crippen molar-refractivity contribution in [2.45, 2.75) is 12.6 Å². The van der Waals surface area contributed by atoms with E-state index in [1.807, 2.05) is 0 Å². The Morgan fingerprint density at radius 3 is 2.08 bits per heavy atom. The van der Waals surface area contributed by atoms with E-state index in [1.165, 1.54) is 0 Å². The summed E-state index contributed by atoms with van der Waals surface area (Å²) >= 11 is 1.09. The Balaban J connectivity index is 1.79. The SMILES string of the molecule is O=C1c2ccccc2C(=O)N1CCc1cc([AsH2])cc(C(F)(F)F)c1. The Morgan fingerprint density at radius 2 is 1.54 bits per heavy atom. The summed E-state index contributed by atoms with van der Waals surface area (Å²) in [5, 5.41) is 0. The number of rotatable bonds is 3. The van der Waals surface area contributed by atoms with Crippen molar-refractivity contribution in [3.63, 3.8) is 0 Å². The zero-order valence-corrected chi connectivity index (χ0v) is 14.9. The Hall–Kier alpha value is -2.07. The third kappa shape index (κ3) is 3.11. The van der Waals surface area contributed by atoms with Crippen molar-refractivity contribution < 1.29 is 22.8 Å². The summed E-state index contributed by atoms with van der Waals surface area (Å²) in [7, 11) is 0. The predicted octanol–water partition coefficient (Wildman–Crippen LogP) is 1.80. The molecule has 124 valence electrons. The third-order valence-electron chi connectivity index (χ3n) is 3.84. The van der Waals surface area contributed by atoms with Crippen LogP contribution in [-0.4, -0.2) is 40.1 Å². The van der Waals surface area contributed by atoms with Crippen LogP contribution in [0.1, 0.15) is 31.8 Å². The number of carbonyl (C=O) groups excluding carboxylic acids is 2. The Labute approximate surface area is 145 Å². The van der Waals surface area contributed by atoms with Crippen molar-refractivity contribution >= 4 is 33.0 Å². The van der Waals surface area contributed by atoms with Crippen molar-refractivity contribution in [2.24, 2.45) is 0 Å². The number of alkyl halides is 3. The van der Waals surface area contributed by atoms with Gasteiger partial charge in [-0.05, 0) is 0 Å². The number of carbonyl (C=O) groups is 2. The maximum absolute atomic E-state index is 12.9. The minimum atomic E-state index is -4.41. The summed E-state index contributed by atoms with van der Waals surface area (Å²) < 4.78 is 39.2. The first-order chi connectivity index (χ1) is 11.3. The molecule has 0 fully saturated rings. The number of benzene rings is 2. The monoisotopic (exact) mass is 395 g/mol. The fourth-order valence-corrected chi connectivity index (χ4v) is 3.54. The fourth-order valence-electron chi connectivity index (χ4n) is 2.71. The van der Waals surface area contributed by atoms with Crippen LogP contribution in [0.15, 0.2) is 42.5 Å². The van der Waals surface area contributed by atoms with Gasteiger partial charge in [0.15, 0.2) is 0 Å². The van der Waals surface area contributed by atoms with Crippen molar-refractivity contribution in [3.8, 4) is 0 Å². The topological polar surface area (TPSA) is 37.4 Å². The van der Waals surface area contributed by atoms with Crippen LogP contribution in [0.3, 0.4) is 0 Å². The molecule has 1 aliphatic rings. The standard InChI is InChI=1S/C17H13AsF3NO2/c18-12-8-10(7-11(9-12)17(19,20)21)5-6-22-15(23)13-3-1-2-4-14(13)16(22)24/h1-4,7-9H,5-6,18H2. The molecule has 0 N–H and O–H groups in total. The second-order valence-electron chi connectivity index (χ2n) is 5.52. The zero-order valence-electron chi connectivity index (χ0n) is 12.4. The fraction of sp³-hybridized carbons (Fsp3) is 0.176. The molecule has 24 heavy (non-hydrogen) atoms. The van der Waals surface area contributed by atoms with Crippen molar-refractivity contribution in [1.29, 1.82) is 0 Å². The number of fused-ring (bicyclic) bond motifs is 1. The number of hydrogen-bond acceptors (Lipinski definition) is 2. The number of amides is 2. The molecule has 2 aromatic carbocycles. The van der Waals surface area contributed by atoms with E-state index in [-0.39, 0.29) is 13.0 Å². The summed E-state index contributed by atoms with van der Waals surface area (Å²) in [6.45, 7) is 0.0557. The molecule has 0 saturated carbocycles. The summed E-state index contributed by atoms with van der Waals surface area (Å²) in [5.41, 5.74) is 0.430. The van der Waals surface area contributed by atoms with Crippen LogP contribution in [0, 0.1) is 0 Å². The number of hydrogen-bond donors (Lipinski definition) is 0. The van der Waals surface area contributed by atoms with Crippen molar-refractivity contribution in [1.82, 2.24) is 4.90 Å². The molecule has 0 radical (unpaired) electrons. The molecule has 1 unspecified atom stereocenters. The molecular weight excluding hydrogens is 382 g/mol. The molecule has 1 atom stereocenters. The van der Waals surface area contributed by atoms with Crippen molar-refractivity contribution in [2.75, 3.05) is 6.54 Å². The van der Waals surface area contributed by atoms with E-state index < -0.39 is 23.6 Å². The first-order valence-electron chi connectivity index (χ1n) is 7.19. The molecule has 1 heterocycles. The van der Waals surface area contributed by atoms with E-state index in [2.05, 4.69) is 0 Å². The van der Waals surface area contributed by atoms with E-state index in [0.717, 1.165) is 33.9 Å². The normalized spacial score (nSPS) is 14.2. The summed E-state index contributed by atoms with van der Waals surface area (Å²) in [5.74, 6) is -0.799. The third-order valence-corrected chi connectivity index (χ3v) is 4.54. The van der Waals surface area contributed by atoms with Gasteiger partial charge in [0, 0.05) is 0 Å². The molecule has 0 aromatic heterocycles. The molecule has 3 nitrogen and oxygen atoms in total. The second-order valence-corrected chi connectivity index (χ2v) is 6.92. The van der Waals surface area contributed by atoms with Crippen LogP contribution >= 0.6 is 0 Å². The molecule has 2 aromatic rings. The van der Waals surface area contributed by atoms with E-state index in [1.54, 1.807) is 30.3 Å². The zero-order chi connectivity index (χ0) is 17.5. The van der Waals surface area contributed by atoms with Gasteiger partial charge in [0.1, 0.15) is 0 Å². The van der Waals surface area contributed by atoms with Gasteiger partial charge in [0.2, 0.25) is 0 Å². The van der Waals surface area contributed by atoms with E-state index in [9.17, 15) is 22.8 Å². The summed E-state index contributed by atoms with van der Waals surface area (Å²) in [4.78, 5) is 25.6. The van der Waals surface area contributed by atoms with Gasteiger partial charge < -0.3 is 0 Å². The van der Waals surface area contributed by atoms with Gasteiger partial charge in [-0.3, -0.25) is 0 Å². The second kappa shape index (κ2) is 6.09. The predicted molar refractivity (Wildman–Crippen MR) is 85.1 cm³/mol. The maximum atomic E-state index is 12.9. The molecule has 0 bridgehead atoms. The average Bonchev–Trinajstić information content (AvgIpc) is 2.76. The van der Waals surface area contributed by atoms with Crippen LogP contribution < -0.4 is 4.35 Å². The van der Waals surface area contributed by atoms with Gasteiger partial charge in [-0.15, -0.1) is 0 Å². The van der Waals surface area contributed by atoms with Gasteiger partial charge in [0.25, 0.3) is 0 Å². The summed E-state index contributed by atoms with van der Waals surface area (Å²) in [6.07, 6.45) is -4.22. The molecule has 0 saturated heterocycles. The molecule has 7 heteroatoms. The molecular formula is C17H13AsF3NO2.